The molecule has 0 saturated heterocycles. The molecular weight excluding hydrogens is 273 g/mol. The summed E-state index contributed by atoms with van der Waals surface area (Å²) in [6, 6.07) is 6.57. The van der Waals surface area contributed by atoms with Crippen LogP contribution in [0.1, 0.15) is 24.2 Å². The van der Waals surface area contributed by atoms with Crippen molar-refractivity contribution < 1.29 is 22.8 Å². The van der Waals surface area contributed by atoms with E-state index in [2.05, 4.69) is 9.74 Å². The quantitative estimate of drug-likeness (QED) is 0.819. The maximum absolute atomic E-state index is 11.8. The lowest BCUT2D eigenvalue weighted by Gasteiger charge is -2.21. The zero-order chi connectivity index (χ0) is 15.2. The number of nitrogens with zero attached hydrogens (tertiary/aromatic N) is 1. The largest absolute Gasteiger partial charge is 0.414 e. The molecule has 0 spiro atoms. The first-order valence-corrected chi connectivity index (χ1v) is 6.21. The predicted molar refractivity (Wildman–Crippen MR) is 69.5 cm³/mol. The van der Waals surface area contributed by atoms with Crippen molar-refractivity contribution in [3.05, 3.63) is 29.8 Å². The first-order valence-electron chi connectivity index (χ1n) is 6.21. The van der Waals surface area contributed by atoms with E-state index in [4.69, 9.17) is 0 Å². The molecule has 0 aliphatic carbocycles. The number of benzene rings is 1. The maximum atomic E-state index is 11.8. The number of hydroxylamine groups is 1. The van der Waals surface area contributed by atoms with Crippen molar-refractivity contribution in [1.82, 2.24) is 5.48 Å². The Labute approximate surface area is 115 Å². The SMILES string of the molecule is CCN(CC)c1ccc(C(=O)NOCC(F)(F)F)cc1. The first kappa shape index (κ1) is 16.3. The molecule has 20 heavy (non-hydrogen) atoms. The summed E-state index contributed by atoms with van der Waals surface area (Å²) in [4.78, 5) is 17.7. The fraction of sp³-hybridized carbons (Fsp3) is 0.462. The van der Waals surface area contributed by atoms with E-state index in [1.165, 1.54) is 0 Å². The van der Waals surface area contributed by atoms with Gasteiger partial charge in [-0.3, -0.25) is 9.63 Å². The highest BCUT2D eigenvalue weighted by atomic mass is 19.4. The van der Waals surface area contributed by atoms with E-state index < -0.39 is 18.7 Å². The van der Waals surface area contributed by atoms with Gasteiger partial charge in [-0.05, 0) is 38.1 Å². The van der Waals surface area contributed by atoms with Gasteiger partial charge in [0, 0.05) is 24.3 Å². The van der Waals surface area contributed by atoms with Crippen molar-refractivity contribution in [2.75, 3.05) is 24.6 Å². The van der Waals surface area contributed by atoms with Crippen LogP contribution in [-0.2, 0) is 4.84 Å². The zero-order valence-corrected chi connectivity index (χ0v) is 11.3. The molecule has 0 fully saturated rings. The molecule has 0 aliphatic rings. The number of hydrogen-bond donors (Lipinski definition) is 1. The third-order valence-corrected chi connectivity index (χ3v) is 2.66. The molecular formula is C13H17F3N2O2. The van der Waals surface area contributed by atoms with Gasteiger partial charge >= 0.3 is 6.18 Å². The molecule has 1 rings (SSSR count). The average molecular weight is 290 g/mol. The van der Waals surface area contributed by atoms with E-state index in [-0.39, 0.29) is 5.56 Å². The summed E-state index contributed by atoms with van der Waals surface area (Å²) in [5, 5.41) is 0. The van der Waals surface area contributed by atoms with Crippen LogP contribution in [0.3, 0.4) is 0 Å². The summed E-state index contributed by atoms with van der Waals surface area (Å²) in [7, 11) is 0. The molecule has 1 aromatic rings. The standard InChI is InChI=1S/C13H17F3N2O2/c1-3-18(4-2)11-7-5-10(6-8-11)12(19)17-20-9-13(14,15)16/h5-8H,3-4,9H2,1-2H3,(H,17,19). The second kappa shape index (κ2) is 7.14. The number of anilines is 1. The number of hydrogen-bond acceptors (Lipinski definition) is 3. The Morgan fingerprint density at radius 3 is 2.20 bits per heavy atom. The molecule has 0 bridgehead atoms. The summed E-state index contributed by atoms with van der Waals surface area (Å²) in [6.07, 6.45) is -4.47. The number of amides is 1. The van der Waals surface area contributed by atoms with Crippen LogP contribution in [0, 0.1) is 0 Å². The lowest BCUT2D eigenvalue weighted by Crippen LogP contribution is -2.29. The monoisotopic (exact) mass is 290 g/mol. The third kappa shape index (κ3) is 5.08. The second-order valence-corrected chi connectivity index (χ2v) is 4.05. The number of halogens is 3. The number of carbonyl (C=O) groups excluding carboxylic acids is 1. The van der Waals surface area contributed by atoms with E-state index in [9.17, 15) is 18.0 Å². The molecule has 0 atom stereocenters. The van der Waals surface area contributed by atoms with Crippen LogP contribution >= 0.6 is 0 Å². The number of carbonyl (C=O) groups is 1. The van der Waals surface area contributed by atoms with Crippen LogP contribution in [0.2, 0.25) is 0 Å². The Balaban J connectivity index is 2.57. The molecule has 0 aromatic heterocycles. The number of nitrogens with one attached hydrogen (secondary N) is 1. The molecule has 0 radical (unpaired) electrons. The minimum Gasteiger partial charge on any atom is -0.372 e. The van der Waals surface area contributed by atoms with Gasteiger partial charge in [0.2, 0.25) is 0 Å². The molecule has 112 valence electrons. The molecule has 0 saturated carbocycles. The predicted octanol–water partition coefficient (Wildman–Crippen LogP) is 2.76. The molecule has 1 amide bonds. The van der Waals surface area contributed by atoms with E-state index in [1.807, 2.05) is 13.8 Å². The smallest absolute Gasteiger partial charge is 0.372 e. The Morgan fingerprint density at radius 2 is 1.75 bits per heavy atom. The van der Waals surface area contributed by atoms with Crippen LogP contribution in [0.5, 0.6) is 0 Å². The van der Waals surface area contributed by atoms with Crippen molar-refractivity contribution in [2.24, 2.45) is 0 Å². The Hall–Kier alpha value is -1.76. The van der Waals surface area contributed by atoms with E-state index in [0.29, 0.717) is 0 Å². The highest BCUT2D eigenvalue weighted by molar-refractivity contribution is 5.93. The normalized spacial score (nSPS) is 11.2. The second-order valence-electron chi connectivity index (χ2n) is 4.05. The lowest BCUT2D eigenvalue weighted by atomic mass is 10.2. The Kier molecular flexibility index (Phi) is 5.82. The maximum Gasteiger partial charge on any atom is 0.414 e. The van der Waals surface area contributed by atoms with Gasteiger partial charge in [0.25, 0.3) is 5.91 Å². The van der Waals surface area contributed by atoms with Crippen molar-refractivity contribution in [3.8, 4) is 0 Å². The summed E-state index contributed by atoms with van der Waals surface area (Å²) >= 11 is 0. The van der Waals surface area contributed by atoms with Gasteiger partial charge in [-0.2, -0.15) is 13.2 Å². The molecule has 0 aliphatic heterocycles. The van der Waals surface area contributed by atoms with Crippen LogP contribution in [0.4, 0.5) is 18.9 Å². The van der Waals surface area contributed by atoms with Crippen LogP contribution in [0.15, 0.2) is 24.3 Å². The minimum absolute atomic E-state index is 0.239. The number of rotatable bonds is 6. The molecule has 7 heteroatoms. The van der Waals surface area contributed by atoms with Gasteiger partial charge in [-0.1, -0.05) is 0 Å². The highest BCUT2D eigenvalue weighted by Gasteiger charge is 2.28. The Bertz CT molecular complexity index is 428. The van der Waals surface area contributed by atoms with Crippen LogP contribution in [0.25, 0.3) is 0 Å². The fourth-order valence-electron chi connectivity index (χ4n) is 1.65. The lowest BCUT2D eigenvalue weighted by molar-refractivity contribution is -0.184. The highest BCUT2D eigenvalue weighted by Crippen LogP contribution is 2.16. The van der Waals surface area contributed by atoms with Gasteiger partial charge < -0.3 is 4.90 Å². The fourth-order valence-corrected chi connectivity index (χ4v) is 1.65. The summed E-state index contributed by atoms with van der Waals surface area (Å²) < 4.78 is 35.5. The summed E-state index contributed by atoms with van der Waals surface area (Å²) in [5.41, 5.74) is 2.95. The number of alkyl halides is 3. The van der Waals surface area contributed by atoms with Crippen molar-refractivity contribution in [2.45, 2.75) is 20.0 Å². The van der Waals surface area contributed by atoms with Gasteiger partial charge in [-0.15, -0.1) is 0 Å². The van der Waals surface area contributed by atoms with E-state index in [0.717, 1.165) is 18.8 Å². The molecule has 4 nitrogen and oxygen atoms in total. The van der Waals surface area contributed by atoms with E-state index >= 15 is 0 Å². The average Bonchev–Trinajstić information content (AvgIpc) is 2.39. The van der Waals surface area contributed by atoms with Crippen LogP contribution in [-0.4, -0.2) is 31.8 Å². The van der Waals surface area contributed by atoms with Crippen molar-refractivity contribution in [1.29, 1.82) is 0 Å². The van der Waals surface area contributed by atoms with Gasteiger partial charge in [0.1, 0.15) is 0 Å². The van der Waals surface area contributed by atoms with Gasteiger partial charge in [0.15, 0.2) is 6.61 Å². The first-order chi connectivity index (χ1) is 9.37. The molecule has 0 heterocycles. The molecule has 1 N–H and O–H groups in total. The zero-order valence-electron chi connectivity index (χ0n) is 11.3. The van der Waals surface area contributed by atoms with Crippen molar-refractivity contribution in [3.63, 3.8) is 0 Å². The molecule has 1 aromatic carbocycles. The third-order valence-electron chi connectivity index (χ3n) is 2.66. The minimum atomic E-state index is -4.47. The van der Waals surface area contributed by atoms with Gasteiger partial charge in [-0.25, -0.2) is 5.48 Å². The molecule has 0 unspecified atom stereocenters. The van der Waals surface area contributed by atoms with Gasteiger partial charge in [0.05, 0.1) is 0 Å². The Morgan fingerprint density at radius 1 is 1.20 bits per heavy atom. The van der Waals surface area contributed by atoms with Crippen molar-refractivity contribution >= 4 is 11.6 Å². The van der Waals surface area contributed by atoms with E-state index in [1.54, 1.807) is 29.7 Å². The summed E-state index contributed by atoms with van der Waals surface area (Å²) in [6.45, 7) is 4.16. The summed E-state index contributed by atoms with van der Waals surface area (Å²) in [5.74, 6) is -0.708. The van der Waals surface area contributed by atoms with Crippen LogP contribution < -0.4 is 10.4 Å². The topological polar surface area (TPSA) is 41.6 Å².